The summed E-state index contributed by atoms with van der Waals surface area (Å²) in [5.74, 6) is -0.621. The number of hydrogen-bond acceptors (Lipinski definition) is 5. The van der Waals surface area contributed by atoms with Gasteiger partial charge in [-0.05, 0) is 19.9 Å². The highest BCUT2D eigenvalue weighted by Gasteiger charge is 2.40. The van der Waals surface area contributed by atoms with Crippen molar-refractivity contribution in [3.8, 4) is 0 Å². The second-order valence-corrected chi connectivity index (χ2v) is 4.93. The number of imide groups is 1. The lowest BCUT2D eigenvalue weighted by molar-refractivity contribution is -0.140. The third-order valence-electron chi connectivity index (χ3n) is 3.12. The summed E-state index contributed by atoms with van der Waals surface area (Å²) in [7, 11) is 0. The summed E-state index contributed by atoms with van der Waals surface area (Å²) < 4.78 is 5.06. The molecule has 0 radical (unpaired) electrons. The molecule has 2 heterocycles. The first kappa shape index (κ1) is 17.2. The van der Waals surface area contributed by atoms with Gasteiger partial charge in [0.05, 0.1) is 18.5 Å². The molecular formula is C13H18ClN3O4. The zero-order valence-corrected chi connectivity index (χ0v) is 12.6. The predicted octanol–water partition coefficient (Wildman–Crippen LogP) is 0.426. The Morgan fingerprint density at radius 1 is 1.52 bits per heavy atom. The van der Waals surface area contributed by atoms with E-state index in [1.807, 2.05) is 0 Å². The van der Waals surface area contributed by atoms with E-state index >= 15 is 0 Å². The monoisotopic (exact) mass is 315 g/mol. The van der Waals surface area contributed by atoms with Crippen molar-refractivity contribution in [1.82, 2.24) is 10.2 Å². The number of halogens is 1. The van der Waals surface area contributed by atoms with Crippen molar-refractivity contribution < 1.29 is 18.8 Å². The number of amides is 3. The summed E-state index contributed by atoms with van der Waals surface area (Å²) >= 11 is 0. The number of nitrogens with zero attached hydrogens (tertiary/aromatic N) is 1. The van der Waals surface area contributed by atoms with E-state index in [4.69, 9.17) is 10.2 Å². The maximum atomic E-state index is 12.0. The van der Waals surface area contributed by atoms with E-state index in [0.29, 0.717) is 5.76 Å². The Hall–Kier alpha value is -1.86. The Balaban J connectivity index is 0.00000220. The molecule has 1 aliphatic rings. The number of carbonyl (C=O) groups is 3. The highest BCUT2D eigenvalue weighted by Crippen LogP contribution is 2.17. The number of carbonyl (C=O) groups excluding carboxylic acids is 3. The van der Waals surface area contributed by atoms with E-state index in [1.165, 1.54) is 17.2 Å². The first-order valence-corrected chi connectivity index (χ1v) is 6.38. The average molecular weight is 316 g/mol. The summed E-state index contributed by atoms with van der Waals surface area (Å²) in [5.41, 5.74) is 5.67. The zero-order chi connectivity index (χ0) is 14.9. The molecule has 116 valence electrons. The minimum absolute atomic E-state index is 0. The Morgan fingerprint density at radius 2 is 2.19 bits per heavy atom. The third kappa shape index (κ3) is 3.43. The Labute approximate surface area is 128 Å². The molecule has 1 aromatic heterocycles. The molecule has 1 atom stereocenters. The van der Waals surface area contributed by atoms with Crippen LogP contribution < -0.4 is 11.1 Å². The first-order chi connectivity index (χ1) is 9.43. The van der Waals surface area contributed by atoms with Crippen molar-refractivity contribution in [2.75, 3.05) is 0 Å². The lowest BCUT2D eigenvalue weighted by atomic mass is 10.2. The van der Waals surface area contributed by atoms with Crippen LogP contribution in [0.25, 0.3) is 0 Å². The van der Waals surface area contributed by atoms with Gasteiger partial charge in [0.1, 0.15) is 18.1 Å². The minimum Gasteiger partial charge on any atom is -0.467 e. The molecule has 2 rings (SSSR count). The Kier molecular flexibility index (Phi) is 5.51. The van der Waals surface area contributed by atoms with Gasteiger partial charge in [-0.25, -0.2) is 0 Å². The van der Waals surface area contributed by atoms with Crippen LogP contribution >= 0.6 is 12.4 Å². The van der Waals surface area contributed by atoms with Crippen molar-refractivity contribution in [3.63, 3.8) is 0 Å². The average Bonchev–Trinajstić information content (AvgIpc) is 2.95. The lowest BCUT2D eigenvalue weighted by Crippen LogP contribution is -2.43. The molecule has 1 unspecified atom stereocenters. The number of rotatable bonds is 4. The highest BCUT2D eigenvalue weighted by molar-refractivity contribution is 6.08. The quantitative estimate of drug-likeness (QED) is 0.784. The molecular weight excluding hydrogens is 298 g/mol. The molecule has 0 aromatic carbocycles. The smallest absolute Gasteiger partial charge is 0.255 e. The summed E-state index contributed by atoms with van der Waals surface area (Å²) in [4.78, 5) is 36.9. The van der Waals surface area contributed by atoms with Gasteiger partial charge in [-0.15, -0.1) is 12.4 Å². The van der Waals surface area contributed by atoms with Gasteiger partial charge in [0.15, 0.2) is 0 Å². The van der Waals surface area contributed by atoms with Crippen molar-refractivity contribution in [2.45, 2.75) is 38.9 Å². The second-order valence-electron chi connectivity index (χ2n) is 4.93. The van der Waals surface area contributed by atoms with Crippen LogP contribution in [0.5, 0.6) is 0 Å². The lowest BCUT2D eigenvalue weighted by Gasteiger charge is -2.19. The van der Waals surface area contributed by atoms with E-state index in [0.717, 1.165) is 0 Å². The molecule has 0 bridgehead atoms. The summed E-state index contributed by atoms with van der Waals surface area (Å²) in [6, 6.07) is 0.486. The van der Waals surface area contributed by atoms with Gasteiger partial charge in [-0.1, -0.05) is 0 Å². The SMILES string of the molecule is CC(C)N1C(=O)CC(NC(=O)c2coc(CN)c2)C1=O.Cl. The minimum atomic E-state index is -0.811. The fraction of sp³-hybridized carbons (Fsp3) is 0.462. The second kappa shape index (κ2) is 6.73. The zero-order valence-electron chi connectivity index (χ0n) is 11.8. The summed E-state index contributed by atoms with van der Waals surface area (Å²) in [6.45, 7) is 3.70. The van der Waals surface area contributed by atoms with Crippen LogP contribution in [0.3, 0.4) is 0 Å². The van der Waals surface area contributed by atoms with Gasteiger partial charge in [0.25, 0.3) is 11.8 Å². The number of hydrogen-bond donors (Lipinski definition) is 2. The van der Waals surface area contributed by atoms with Crippen LogP contribution in [0, 0.1) is 0 Å². The van der Waals surface area contributed by atoms with Crippen molar-refractivity contribution in [3.05, 3.63) is 23.7 Å². The fourth-order valence-corrected chi connectivity index (χ4v) is 2.15. The van der Waals surface area contributed by atoms with Gasteiger partial charge in [-0.3, -0.25) is 19.3 Å². The van der Waals surface area contributed by atoms with Gasteiger partial charge in [0, 0.05) is 6.04 Å². The molecule has 1 aromatic rings. The van der Waals surface area contributed by atoms with Crippen LogP contribution in [0.2, 0.25) is 0 Å². The molecule has 1 fully saturated rings. The standard InChI is InChI=1S/C13H17N3O4.ClH/c1-7(2)16-11(17)4-10(13(16)19)15-12(18)8-3-9(5-14)20-6-8;/h3,6-7,10H,4-5,14H2,1-2H3,(H,15,18);1H. The van der Waals surface area contributed by atoms with Gasteiger partial charge in [-0.2, -0.15) is 0 Å². The normalized spacial score (nSPS) is 18.1. The van der Waals surface area contributed by atoms with E-state index in [-0.39, 0.29) is 48.8 Å². The van der Waals surface area contributed by atoms with Crippen LogP contribution in [-0.2, 0) is 16.1 Å². The summed E-state index contributed by atoms with van der Waals surface area (Å²) in [5, 5.41) is 2.55. The van der Waals surface area contributed by atoms with Gasteiger partial charge >= 0.3 is 0 Å². The highest BCUT2D eigenvalue weighted by atomic mass is 35.5. The molecule has 0 aliphatic carbocycles. The van der Waals surface area contributed by atoms with Gasteiger partial charge in [0.2, 0.25) is 5.91 Å². The van der Waals surface area contributed by atoms with Crippen molar-refractivity contribution in [2.24, 2.45) is 5.73 Å². The largest absolute Gasteiger partial charge is 0.467 e. The molecule has 3 amide bonds. The van der Waals surface area contributed by atoms with Crippen LogP contribution in [-0.4, -0.2) is 34.7 Å². The number of nitrogens with one attached hydrogen (secondary N) is 1. The third-order valence-corrected chi connectivity index (χ3v) is 3.12. The topological polar surface area (TPSA) is 106 Å². The maximum Gasteiger partial charge on any atom is 0.255 e. The molecule has 0 saturated carbocycles. The number of furan rings is 1. The molecule has 7 nitrogen and oxygen atoms in total. The first-order valence-electron chi connectivity index (χ1n) is 6.38. The van der Waals surface area contributed by atoms with Crippen LogP contribution in [0.15, 0.2) is 16.7 Å². The van der Waals surface area contributed by atoms with E-state index < -0.39 is 11.9 Å². The predicted molar refractivity (Wildman–Crippen MR) is 76.7 cm³/mol. The molecule has 3 N–H and O–H groups in total. The number of nitrogens with two attached hydrogens (primary N) is 1. The maximum absolute atomic E-state index is 12.0. The molecule has 21 heavy (non-hydrogen) atoms. The van der Waals surface area contributed by atoms with E-state index in [9.17, 15) is 14.4 Å². The van der Waals surface area contributed by atoms with Crippen molar-refractivity contribution >= 4 is 30.1 Å². The molecule has 1 aliphatic heterocycles. The Morgan fingerprint density at radius 3 is 2.67 bits per heavy atom. The Bertz CT molecular complexity index is 555. The van der Waals surface area contributed by atoms with Crippen LogP contribution in [0.4, 0.5) is 0 Å². The van der Waals surface area contributed by atoms with E-state index in [1.54, 1.807) is 13.8 Å². The molecule has 0 spiro atoms. The molecule has 1 saturated heterocycles. The van der Waals surface area contributed by atoms with Crippen LogP contribution in [0.1, 0.15) is 36.4 Å². The summed E-state index contributed by atoms with van der Waals surface area (Å²) in [6.07, 6.45) is 1.27. The van der Waals surface area contributed by atoms with E-state index in [2.05, 4.69) is 5.32 Å². The number of likely N-dealkylation sites (tertiary alicyclic amines) is 1. The van der Waals surface area contributed by atoms with Gasteiger partial charge < -0.3 is 15.5 Å². The van der Waals surface area contributed by atoms with Crippen molar-refractivity contribution in [1.29, 1.82) is 0 Å². The molecule has 8 heteroatoms. The fourth-order valence-electron chi connectivity index (χ4n) is 2.15.